The molecule has 34 heavy (non-hydrogen) atoms. The second kappa shape index (κ2) is 9.85. The number of aromatic nitrogens is 1. The molecule has 0 bridgehead atoms. The molecule has 0 radical (unpaired) electrons. The number of sulfonamides is 1. The van der Waals surface area contributed by atoms with Crippen molar-refractivity contribution in [1.29, 1.82) is 0 Å². The third kappa shape index (κ3) is 5.94. The molecule has 0 unspecified atom stereocenters. The molecule has 3 aromatic rings. The number of hydrogen-bond acceptors (Lipinski definition) is 7. The number of nitrogens with zero attached hydrogens (tertiary/aromatic N) is 2. The number of thiazole rings is 1. The second-order valence-electron chi connectivity index (χ2n) is 6.81. The van der Waals surface area contributed by atoms with E-state index in [1.54, 1.807) is 17.5 Å². The Morgan fingerprint density at radius 1 is 1.21 bits per heavy atom. The summed E-state index contributed by atoms with van der Waals surface area (Å²) in [5.41, 5.74) is 2.35. The number of carboxylic acid groups (broad SMARTS) is 1. The number of ether oxygens (including phenoxy) is 1. The molecule has 14 heteroatoms. The molecule has 0 aliphatic carbocycles. The monoisotopic (exact) mass is 519 g/mol. The van der Waals surface area contributed by atoms with E-state index in [9.17, 15) is 26.0 Å². The Labute approximate surface area is 195 Å². The summed E-state index contributed by atoms with van der Waals surface area (Å²) in [5.74, 6) is -2.64. The van der Waals surface area contributed by atoms with Gasteiger partial charge in [-0.25, -0.2) is 22.6 Å². The van der Waals surface area contributed by atoms with Crippen LogP contribution in [0.3, 0.4) is 0 Å². The zero-order valence-electron chi connectivity index (χ0n) is 17.3. The van der Waals surface area contributed by atoms with Gasteiger partial charge in [-0.15, -0.1) is 11.3 Å². The van der Waals surface area contributed by atoms with Crippen molar-refractivity contribution in [3.8, 4) is 5.75 Å². The summed E-state index contributed by atoms with van der Waals surface area (Å²) in [6.07, 6.45) is -3.56. The summed E-state index contributed by atoms with van der Waals surface area (Å²) in [6, 6.07) is 9.27. The Hall–Kier alpha value is -3.39. The molecule has 2 N–H and O–H groups in total. The lowest BCUT2D eigenvalue weighted by Gasteiger charge is -2.32. The molecular weight excluding hydrogens is 502 g/mol. The minimum absolute atomic E-state index is 0.0780. The summed E-state index contributed by atoms with van der Waals surface area (Å²) in [5, 5.41) is 9.11. The van der Waals surface area contributed by atoms with Gasteiger partial charge < -0.3 is 14.7 Å². The van der Waals surface area contributed by atoms with Gasteiger partial charge in [-0.3, -0.25) is 4.72 Å². The number of hydrogen-bond donors (Lipinski definition) is 2. The number of aryl methyl sites for hydroxylation is 1. The summed E-state index contributed by atoms with van der Waals surface area (Å²) < 4.78 is 78.7. The Balaban J connectivity index is 0.000000406. The average Bonchev–Trinajstić information content (AvgIpc) is 3.27. The molecule has 0 amide bonds. The zero-order valence-corrected chi connectivity index (χ0v) is 19.0. The Morgan fingerprint density at radius 2 is 1.91 bits per heavy atom. The van der Waals surface area contributed by atoms with E-state index in [-0.39, 0.29) is 10.7 Å². The number of benzene rings is 2. The molecule has 0 spiro atoms. The van der Waals surface area contributed by atoms with Gasteiger partial charge in [-0.05, 0) is 36.8 Å². The van der Waals surface area contributed by atoms with E-state index in [0.717, 1.165) is 11.3 Å². The lowest BCUT2D eigenvalue weighted by molar-refractivity contribution is -0.192. The third-order valence-corrected chi connectivity index (χ3v) is 6.62. The molecule has 2 aromatic carbocycles. The molecule has 8 nitrogen and oxygen atoms in total. The van der Waals surface area contributed by atoms with Gasteiger partial charge in [0.2, 0.25) is 0 Å². The number of carboxylic acids is 1. The van der Waals surface area contributed by atoms with E-state index in [1.165, 1.54) is 41.8 Å². The van der Waals surface area contributed by atoms with Gasteiger partial charge in [0.15, 0.2) is 5.13 Å². The van der Waals surface area contributed by atoms with Gasteiger partial charge in [0, 0.05) is 23.3 Å². The van der Waals surface area contributed by atoms with Crippen molar-refractivity contribution in [2.45, 2.75) is 18.0 Å². The van der Waals surface area contributed by atoms with Crippen LogP contribution in [0.2, 0.25) is 0 Å². The van der Waals surface area contributed by atoms with Crippen molar-refractivity contribution in [3.63, 3.8) is 0 Å². The van der Waals surface area contributed by atoms with Crippen molar-refractivity contribution < 1.29 is 40.6 Å². The smallest absolute Gasteiger partial charge is 0.489 e. The fourth-order valence-electron chi connectivity index (χ4n) is 2.94. The van der Waals surface area contributed by atoms with Crippen LogP contribution >= 0.6 is 11.3 Å². The normalized spacial score (nSPS) is 13.3. The van der Waals surface area contributed by atoms with E-state index < -0.39 is 22.2 Å². The number of halogens is 4. The maximum atomic E-state index is 13.7. The minimum atomic E-state index is -5.08. The Bertz CT molecular complexity index is 1280. The zero-order chi connectivity index (χ0) is 25.1. The molecule has 0 saturated carbocycles. The average molecular weight is 519 g/mol. The predicted octanol–water partition coefficient (Wildman–Crippen LogP) is 4.56. The summed E-state index contributed by atoms with van der Waals surface area (Å²) in [7, 11) is -3.77. The standard InChI is InChI=1S/C18H16FN3O3S2.C2HF3O2/c1-12-2-3-13(19)10-16(12)22-7-8-25-17-11-14(4-5-15(17)22)27(23,24)21-18-20-6-9-26-18;3-2(4,5)1(6)7/h2-6,9-11H,7-8H2,1H3,(H,20,21);(H,6,7). The SMILES string of the molecule is Cc1ccc(F)cc1N1CCOc2cc(S(=O)(=O)Nc3nccs3)ccc21.O=C(O)C(F)(F)F. The number of aliphatic carboxylic acids is 1. The first kappa shape index (κ1) is 25.2. The molecule has 1 aromatic heterocycles. The fraction of sp³-hybridized carbons (Fsp3) is 0.200. The summed E-state index contributed by atoms with van der Waals surface area (Å²) in [6.45, 7) is 2.81. The first-order valence-corrected chi connectivity index (χ1v) is 11.8. The second-order valence-corrected chi connectivity index (χ2v) is 9.38. The van der Waals surface area contributed by atoms with Crippen LogP contribution in [0.4, 0.5) is 34.1 Å². The van der Waals surface area contributed by atoms with Crippen molar-refractivity contribution in [1.82, 2.24) is 4.98 Å². The van der Waals surface area contributed by atoms with Gasteiger partial charge in [-0.1, -0.05) is 6.07 Å². The van der Waals surface area contributed by atoms with E-state index in [4.69, 9.17) is 14.6 Å². The molecule has 2 heterocycles. The van der Waals surface area contributed by atoms with E-state index in [0.29, 0.717) is 29.7 Å². The number of alkyl halides is 3. The highest BCUT2D eigenvalue weighted by atomic mass is 32.2. The number of nitrogens with one attached hydrogen (secondary N) is 1. The van der Waals surface area contributed by atoms with Crippen molar-refractivity contribution in [2.24, 2.45) is 0 Å². The van der Waals surface area contributed by atoms with E-state index in [1.807, 2.05) is 11.8 Å². The van der Waals surface area contributed by atoms with Crippen LogP contribution in [0.1, 0.15) is 5.56 Å². The maximum absolute atomic E-state index is 13.7. The number of fused-ring (bicyclic) bond motifs is 1. The molecule has 182 valence electrons. The Morgan fingerprint density at radius 3 is 2.53 bits per heavy atom. The number of anilines is 3. The van der Waals surface area contributed by atoms with Crippen LogP contribution < -0.4 is 14.4 Å². The quantitative estimate of drug-likeness (QED) is 0.487. The Kier molecular flexibility index (Phi) is 7.31. The van der Waals surface area contributed by atoms with E-state index >= 15 is 0 Å². The largest absolute Gasteiger partial charge is 0.490 e. The lowest BCUT2D eigenvalue weighted by atomic mass is 10.1. The van der Waals surface area contributed by atoms with Gasteiger partial charge >= 0.3 is 12.1 Å². The molecule has 0 saturated heterocycles. The maximum Gasteiger partial charge on any atom is 0.490 e. The van der Waals surface area contributed by atoms with Crippen LogP contribution in [0.15, 0.2) is 52.9 Å². The minimum Gasteiger partial charge on any atom is -0.489 e. The van der Waals surface area contributed by atoms with Crippen LogP contribution in [-0.4, -0.2) is 43.8 Å². The first-order valence-electron chi connectivity index (χ1n) is 9.41. The first-order chi connectivity index (χ1) is 15.9. The van der Waals surface area contributed by atoms with Gasteiger partial charge in [-0.2, -0.15) is 13.2 Å². The van der Waals surface area contributed by atoms with Crippen LogP contribution in [0, 0.1) is 12.7 Å². The van der Waals surface area contributed by atoms with Crippen LogP contribution in [-0.2, 0) is 14.8 Å². The van der Waals surface area contributed by atoms with Crippen molar-refractivity contribution in [2.75, 3.05) is 22.8 Å². The number of rotatable bonds is 4. The van der Waals surface area contributed by atoms with Gasteiger partial charge in [0.1, 0.15) is 18.2 Å². The topological polar surface area (TPSA) is 109 Å². The molecule has 4 rings (SSSR count). The highest BCUT2D eigenvalue weighted by molar-refractivity contribution is 7.93. The van der Waals surface area contributed by atoms with E-state index in [2.05, 4.69) is 9.71 Å². The molecule has 0 fully saturated rings. The highest BCUT2D eigenvalue weighted by Crippen LogP contribution is 2.39. The van der Waals surface area contributed by atoms with Crippen molar-refractivity contribution >= 4 is 43.8 Å². The van der Waals surface area contributed by atoms with Gasteiger partial charge in [0.25, 0.3) is 10.0 Å². The fourth-order valence-corrected chi connectivity index (χ4v) is 4.74. The van der Waals surface area contributed by atoms with Crippen LogP contribution in [0.5, 0.6) is 5.75 Å². The third-order valence-electron chi connectivity index (χ3n) is 4.46. The van der Waals surface area contributed by atoms with Crippen LogP contribution in [0.25, 0.3) is 0 Å². The molecule has 1 aliphatic rings. The predicted molar refractivity (Wildman–Crippen MR) is 117 cm³/mol. The highest BCUT2D eigenvalue weighted by Gasteiger charge is 2.38. The number of carbonyl (C=O) groups is 1. The summed E-state index contributed by atoms with van der Waals surface area (Å²) >= 11 is 1.20. The lowest BCUT2D eigenvalue weighted by Crippen LogP contribution is -2.29. The molecule has 0 atom stereocenters. The van der Waals surface area contributed by atoms with Crippen molar-refractivity contribution in [3.05, 3.63) is 59.4 Å². The molecule has 1 aliphatic heterocycles. The summed E-state index contributed by atoms with van der Waals surface area (Å²) in [4.78, 5) is 14.8. The molecular formula is C20H17F4N3O5S2. The van der Waals surface area contributed by atoms with Gasteiger partial charge in [0.05, 0.1) is 17.1 Å².